The molecule has 0 aliphatic heterocycles. The van der Waals surface area contributed by atoms with Crippen LogP contribution in [0.3, 0.4) is 0 Å². The van der Waals surface area contributed by atoms with Gasteiger partial charge in [0.2, 0.25) is 5.88 Å². The van der Waals surface area contributed by atoms with Crippen LogP contribution in [0.4, 0.5) is 5.82 Å². The number of anilines is 1. The lowest BCUT2D eigenvalue weighted by Gasteiger charge is -2.15. The van der Waals surface area contributed by atoms with Crippen LogP contribution in [-0.2, 0) is 0 Å². The molecule has 1 aromatic heterocycles. The lowest BCUT2D eigenvalue weighted by atomic mass is 10.1. The number of nitrogens with two attached hydrogens (primary N) is 1. The molecule has 4 nitrogen and oxygen atoms in total. The summed E-state index contributed by atoms with van der Waals surface area (Å²) in [5.74, 6) is 1.94. The van der Waals surface area contributed by atoms with Crippen LogP contribution in [0.1, 0.15) is 30.9 Å². The molecule has 100 valence electrons. The van der Waals surface area contributed by atoms with Crippen LogP contribution < -0.4 is 10.5 Å². The van der Waals surface area contributed by atoms with Gasteiger partial charge in [0.05, 0.1) is 5.56 Å². The highest BCUT2D eigenvalue weighted by molar-refractivity contribution is 9.10. The average molecular weight is 322 g/mol. The van der Waals surface area contributed by atoms with Crippen molar-refractivity contribution in [1.82, 2.24) is 9.97 Å². The van der Waals surface area contributed by atoms with Crippen molar-refractivity contribution in [3.63, 3.8) is 0 Å². The number of ether oxygens (including phenoxy) is 1. The van der Waals surface area contributed by atoms with Crippen molar-refractivity contribution < 1.29 is 4.74 Å². The summed E-state index contributed by atoms with van der Waals surface area (Å²) in [6.07, 6.45) is 1.42. The van der Waals surface area contributed by atoms with Crippen molar-refractivity contribution in [1.29, 1.82) is 0 Å². The average Bonchev–Trinajstić information content (AvgIpc) is 2.33. The Morgan fingerprint density at radius 3 is 2.68 bits per heavy atom. The number of aromatic nitrogens is 2. The molecular weight excluding hydrogens is 306 g/mol. The molecule has 2 N–H and O–H groups in total. The number of nitrogens with zero attached hydrogens (tertiary/aromatic N) is 2. The Balaban J connectivity index is 2.44. The van der Waals surface area contributed by atoms with Crippen molar-refractivity contribution in [3.05, 3.63) is 40.1 Å². The highest BCUT2D eigenvalue weighted by Crippen LogP contribution is 2.33. The van der Waals surface area contributed by atoms with Gasteiger partial charge in [0.25, 0.3) is 0 Å². The summed E-state index contributed by atoms with van der Waals surface area (Å²) in [5, 5.41) is 0. The lowest BCUT2D eigenvalue weighted by molar-refractivity contribution is 0.448. The first-order valence-corrected chi connectivity index (χ1v) is 6.82. The van der Waals surface area contributed by atoms with Crippen molar-refractivity contribution >= 4 is 21.7 Å². The number of hydrogen-bond acceptors (Lipinski definition) is 4. The quantitative estimate of drug-likeness (QED) is 0.926. The fraction of sp³-hybridized carbons (Fsp3) is 0.286. The summed E-state index contributed by atoms with van der Waals surface area (Å²) in [7, 11) is 0. The van der Waals surface area contributed by atoms with Gasteiger partial charge in [-0.3, -0.25) is 0 Å². The van der Waals surface area contributed by atoms with Gasteiger partial charge in [0, 0.05) is 4.47 Å². The maximum Gasteiger partial charge on any atom is 0.227 e. The van der Waals surface area contributed by atoms with Crippen molar-refractivity contribution in [2.24, 2.45) is 0 Å². The van der Waals surface area contributed by atoms with E-state index in [2.05, 4.69) is 25.9 Å². The number of aryl methyl sites for hydroxylation is 1. The predicted molar refractivity (Wildman–Crippen MR) is 79.5 cm³/mol. The van der Waals surface area contributed by atoms with Crippen LogP contribution in [0.5, 0.6) is 11.6 Å². The molecular formula is C14H16BrN3O. The Morgan fingerprint density at radius 2 is 2.00 bits per heavy atom. The molecule has 2 aromatic rings. The smallest absolute Gasteiger partial charge is 0.227 e. The maximum absolute atomic E-state index is 5.90. The molecule has 0 aliphatic rings. The number of nitrogen functional groups attached to an aromatic ring is 1. The molecule has 0 spiro atoms. The first-order valence-electron chi connectivity index (χ1n) is 6.03. The highest BCUT2D eigenvalue weighted by Gasteiger charge is 2.15. The minimum atomic E-state index is 0.198. The van der Waals surface area contributed by atoms with Gasteiger partial charge in [0.15, 0.2) is 0 Å². The van der Waals surface area contributed by atoms with Crippen LogP contribution in [-0.4, -0.2) is 9.97 Å². The highest BCUT2D eigenvalue weighted by atomic mass is 79.9. The summed E-state index contributed by atoms with van der Waals surface area (Å²) in [5.41, 5.74) is 7.78. The van der Waals surface area contributed by atoms with E-state index in [0.717, 1.165) is 21.3 Å². The molecule has 19 heavy (non-hydrogen) atoms. The van der Waals surface area contributed by atoms with E-state index < -0.39 is 0 Å². The third-order valence-electron chi connectivity index (χ3n) is 2.81. The van der Waals surface area contributed by atoms with Crippen LogP contribution in [0.15, 0.2) is 29.0 Å². The molecule has 0 fully saturated rings. The largest absolute Gasteiger partial charge is 0.438 e. The van der Waals surface area contributed by atoms with Crippen LogP contribution in [0.2, 0.25) is 0 Å². The third-order valence-corrected chi connectivity index (χ3v) is 3.31. The Kier molecular flexibility index (Phi) is 4.04. The monoisotopic (exact) mass is 321 g/mol. The molecule has 2 rings (SSSR count). The van der Waals surface area contributed by atoms with E-state index in [1.165, 1.54) is 6.33 Å². The van der Waals surface area contributed by atoms with Gasteiger partial charge in [0.1, 0.15) is 17.9 Å². The molecule has 0 saturated carbocycles. The van der Waals surface area contributed by atoms with Gasteiger partial charge in [-0.25, -0.2) is 9.97 Å². The van der Waals surface area contributed by atoms with Gasteiger partial charge in [-0.15, -0.1) is 0 Å². The van der Waals surface area contributed by atoms with Crippen molar-refractivity contribution in [2.45, 2.75) is 26.7 Å². The summed E-state index contributed by atoms with van der Waals surface area (Å²) >= 11 is 3.43. The van der Waals surface area contributed by atoms with Gasteiger partial charge in [-0.05, 0) is 30.5 Å². The third kappa shape index (κ3) is 3.04. The van der Waals surface area contributed by atoms with E-state index in [1.807, 2.05) is 39.0 Å². The summed E-state index contributed by atoms with van der Waals surface area (Å²) in [6.45, 7) is 6.06. The van der Waals surface area contributed by atoms with E-state index in [9.17, 15) is 0 Å². The van der Waals surface area contributed by atoms with Gasteiger partial charge in [-0.2, -0.15) is 0 Å². The second-order valence-corrected chi connectivity index (χ2v) is 5.56. The minimum Gasteiger partial charge on any atom is -0.438 e. The maximum atomic E-state index is 5.90. The zero-order chi connectivity index (χ0) is 14.0. The summed E-state index contributed by atoms with van der Waals surface area (Å²) in [4.78, 5) is 8.22. The van der Waals surface area contributed by atoms with Crippen LogP contribution in [0, 0.1) is 6.92 Å². The first kappa shape index (κ1) is 13.8. The number of rotatable bonds is 3. The second kappa shape index (κ2) is 5.57. The normalized spacial score (nSPS) is 10.8. The van der Waals surface area contributed by atoms with Crippen molar-refractivity contribution in [3.8, 4) is 11.6 Å². The Morgan fingerprint density at radius 1 is 1.26 bits per heavy atom. The lowest BCUT2D eigenvalue weighted by Crippen LogP contribution is -2.04. The van der Waals surface area contributed by atoms with E-state index >= 15 is 0 Å². The van der Waals surface area contributed by atoms with Crippen LogP contribution >= 0.6 is 15.9 Å². The molecule has 0 aliphatic carbocycles. The molecule has 0 unspecified atom stereocenters. The van der Waals surface area contributed by atoms with E-state index in [0.29, 0.717) is 11.7 Å². The molecule has 0 amide bonds. The van der Waals surface area contributed by atoms with Gasteiger partial charge < -0.3 is 10.5 Å². The molecule has 1 aromatic carbocycles. The van der Waals surface area contributed by atoms with Crippen LogP contribution in [0.25, 0.3) is 0 Å². The molecule has 0 atom stereocenters. The van der Waals surface area contributed by atoms with Gasteiger partial charge >= 0.3 is 0 Å². The predicted octanol–water partition coefficient (Wildman–Crippen LogP) is 4.05. The number of halogens is 1. The number of hydrogen-bond donors (Lipinski definition) is 1. The number of benzene rings is 1. The Bertz CT molecular complexity index is 599. The molecule has 1 heterocycles. The topological polar surface area (TPSA) is 61.0 Å². The van der Waals surface area contributed by atoms with E-state index in [1.54, 1.807) is 0 Å². The summed E-state index contributed by atoms with van der Waals surface area (Å²) in [6, 6.07) is 5.87. The zero-order valence-corrected chi connectivity index (χ0v) is 12.7. The Hall–Kier alpha value is -1.62. The van der Waals surface area contributed by atoms with E-state index in [4.69, 9.17) is 10.5 Å². The summed E-state index contributed by atoms with van der Waals surface area (Å²) < 4.78 is 6.86. The molecule has 0 bridgehead atoms. The molecule has 0 saturated heterocycles. The SMILES string of the molecule is Cc1ccc(Br)cc1Oc1ncnc(N)c1C(C)C. The fourth-order valence-corrected chi connectivity index (χ4v) is 2.14. The van der Waals surface area contributed by atoms with Crippen molar-refractivity contribution in [2.75, 3.05) is 5.73 Å². The second-order valence-electron chi connectivity index (χ2n) is 4.64. The fourth-order valence-electron chi connectivity index (χ4n) is 1.80. The standard InChI is InChI=1S/C14H16BrN3O/c1-8(2)12-13(16)17-7-18-14(12)19-11-6-10(15)5-4-9(11)3/h4-8H,1-3H3,(H2,16,17,18). The zero-order valence-electron chi connectivity index (χ0n) is 11.1. The first-order chi connectivity index (χ1) is 8.99. The Labute approximate surface area is 121 Å². The van der Waals surface area contributed by atoms with E-state index in [-0.39, 0.29) is 5.92 Å². The molecule has 5 heteroatoms. The molecule has 0 radical (unpaired) electrons. The minimum absolute atomic E-state index is 0.198. The van der Waals surface area contributed by atoms with Gasteiger partial charge in [-0.1, -0.05) is 35.8 Å².